The Labute approximate surface area is 382 Å². The molecule has 0 N–H and O–H groups in total. The average molecular weight is 985 g/mol. The van der Waals surface area contributed by atoms with Crippen molar-refractivity contribution >= 4 is 43.5 Å². The summed E-state index contributed by atoms with van der Waals surface area (Å²) in [6, 6.07) is 38.3. The molecule has 2 aliphatic rings. The molecular weight excluding hydrogens is 921 g/mol. The zero-order valence-corrected chi connectivity index (χ0v) is 39.6. The van der Waals surface area contributed by atoms with Crippen LogP contribution in [0.3, 0.4) is 0 Å². The molecule has 61 heavy (non-hydrogen) atoms. The minimum atomic E-state index is -2.35. The third kappa shape index (κ3) is 8.24. The Morgan fingerprint density at radius 2 is 1.46 bits per heavy atom. The maximum Gasteiger partial charge on any atom is 0.121 e. The summed E-state index contributed by atoms with van der Waals surface area (Å²) >= 11 is 0. The van der Waals surface area contributed by atoms with Gasteiger partial charge >= 0.3 is 0 Å². The minimum absolute atomic E-state index is 0. The van der Waals surface area contributed by atoms with E-state index in [1.165, 1.54) is 46.5 Å². The summed E-state index contributed by atoms with van der Waals surface area (Å²) in [5.74, 6) is -0.975. The van der Waals surface area contributed by atoms with E-state index >= 15 is 0 Å². The van der Waals surface area contributed by atoms with E-state index in [1.807, 2.05) is 30.5 Å². The standard InChI is InChI=1S/C34H30NO.C23H30N.Ir/c1-21-20-35-31(18-28(21)23-13-15-34(2,3)16-14-23)27-10-6-9-26-30-17-24-12-11-22-7-4-5-8-25(22)29(24)19-32(30)36-33(26)27;1-21(2,3)17-10-13-24-20(15-17)16-8-9-18-19(14-16)23(6,7)12-11-22(18,4)5;/h4-9,11-12,17-20,23H,13-16H2,1-3H3;9-10,13-15H,11-12H2,1-7H3;/q2*-1;/i1D3,23D;;. The quantitative estimate of drug-likeness (QED) is 0.131. The average Bonchev–Trinajstić information content (AvgIpc) is 3.63. The molecule has 5 aromatic carbocycles. The Bertz CT molecular complexity index is 3090. The summed E-state index contributed by atoms with van der Waals surface area (Å²) in [6.07, 6.45) is 8.83. The number of hydrogen-bond donors (Lipinski definition) is 0. The van der Waals surface area contributed by atoms with Crippen LogP contribution >= 0.6 is 0 Å². The fourth-order valence-electron chi connectivity index (χ4n) is 9.51. The number of rotatable bonds is 3. The fourth-order valence-corrected chi connectivity index (χ4v) is 9.51. The summed E-state index contributed by atoms with van der Waals surface area (Å²) in [7, 11) is 0. The monoisotopic (exact) mass is 985 g/mol. The van der Waals surface area contributed by atoms with Gasteiger partial charge in [-0.25, -0.2) is 0 Å². The van der Waals surface area contributed by atoms with Crippen molar-refractivity contribution in [3.05, 3.63) is 143 Å². The first-order valence-electron chi connectivity index (χ1n) is 23.8. The van der Waals surface area contributed by atoms with E-state index in [-0.39, 0.29) is 47.3 Å². The van der Waals surface area contributed by atoms with Gasteiger partial charge in [0.1, 0.15) is 5.58 Å². The van der Waals surface area contributed by atoms with Gasteiger partial charge in [0.15, 0.2) is 0 Å². The zero-order chi connectivity index (χ0) is 45.6. The Balaban J connectivity index is 0.000000198. The Morgan fingerprint density at radius 1 is 0.721 bits per heavy atom. The smallest absolute Gasteiger partial charge is 0.121 e. The van der Waals surface area contributed by atoms with Crippen molar-refractivity contribution in [1.82, 2.24) is 9.97 Å². The predicted molar refractivity (Wildman–Crippen MR) is 253 cm³/mol. The SMILES string of the molecule is CC(C)(C)c1ccnc(-c2[c-]cc3c(c2)C(C)(C)CCC3(C)C)c1.[2H]C([2H])([2H])c1cnc(-c2[c-]ccc3c2oc2cc4c(ccc5ccccc54)cc23)cc1C1([2H])CCC(C)(C)CC1.[Ir]. The van der Waals surface area contributed by atoms with E-state index < -0.39 is 12.7 Å². The molecule has 0 aliphatic heterocycles. The molecule has 0 saturated heterocycles. The summed E-state index contributed by atoms with van der Waals surface area (Å²) in [4.78, 5) is 9.24. The van der Waals surface area contributed by atoms with Crippen molar-refractivity contribution in [1.29, 1.82) is 0 Å². The third-order valence-electron chi connectivity index (χ3n) is 13.7. The largest absolute Gasteiger partial charge is 0.501 e. The first-order valence-corrected chi connectivity index (χ1v) is 21.8. The number of aromatic nitrogens is 2. The first-order chi connectivity index (χ1) is 30.0. The minimum Gasteiger partial charge on any atom is -0.501 e. The number of hydrogen-bond acceptors (Lipinski definition) is 3. The summed E-state index contributed by atoms with van der Waals surface area (Å²) in [5.41, 5.74) is 10.6. The van der Waals surface area contributed by atoms with E-state index in [2.05, 4.69) is 151 Å². The van der Waals surface area contributed by atoms with Crippen LogP contribution in [0.15, 0.2) is 108 Å². The predicted octanol–water partition coefficient (Wildman–Crippen LogP) is 15.9. The number of fused-ring (bicyclic) bond motifs is 7. The molecule has 0 bridgehead atoms. The molecule has 0 unspecified atom stereocenters. The van der Waals surface area contributed by atoms with Gasteiger partial charge in [0.25, 0.3) is 0 Å². The van der Waals surface area contributed by atoms with E-state index in [4.69, 9.17) is 8.53 Å². The molecule has 1 saturated carbocycles. The van der Waals surface area contributed by atoms with Gasteiger partial charge < -0.3 is 14.4 Å². The van der Waals surface area contributed by atoms with Crippen LogP contribution in [-0.2, 0) is 36.4 Å². The molecule has 1 fully saturated rings. The second-order valence-electron chi connectivity index (χ2n) is 20.6. The maximum atomic E-state index is 9.41. The van der Waals surface area contributed by atoms with Gasteiger partial charge in [0.05, 0.1) is 5.58 Å². The topological polar surface area (TPSA) is 38.9 Å². The molecule has 0 amide bonds. The van der Waals surface area contributed by atoms with Crippen LogP contribution in [0, 0.1) is 24.4 Å². The van der Waals surface area contributed by atoms with Crippen LogP contribution in [0.4, 0.5) is 0 Å². The summed E-state index contributed by atoms with van der Waals surface area (Å²) in [5, 5.41) is 6.61. The van der Waals surface area contributed by atoms with Gasteiger partial charge in [-0.2, -0.15) is 0 Å². The Kier molecular flexibility index (Phi) is 9.94. The molecule has 0 atom stereocenters. The second kappa shape index (κ2) is 15.9. The van der Waals surface area contributed by atoms with Crippen LogP contribution in [-0.4, -0.2) is 9.97 Å². The molecule has 10 rings (SSSR count). The molecule has 3 aromatic heterocycles. The molecular formula is C57H60IrN2O-2. The van der Waals surface area contributed by atoms with E-state index in [0.717, 1.165) is 51.2 Å². The fraction of sp³-hybridized carbons (Fsp3) is 0.368. The Hall–Kier alpha value is -4.63. The van der Waals surface area contributed by atoms with Crippen molar-refractivity contribution in [2.75, 3.05) is 0 Å². The van der Waals surface area contributed by atoms with Crippen molar-refractivity contribution in [3.63, 3.8) is 0 Å². The second-order valence-corrected chi connectivity index (χ2v) is 20.6. The van der Waals surface area contributed by atoms with Gasteiger partial charge in [0, 0.05) is 43.4 Å². The summed E-state index contributed by atoms with van der Waals surface area (Å²) < 4.78 is 40.5. The van der Waals surface area contributed by atoms with Crippen molar-refractivity contribution in [3.8, 4) is 22.5 Å². The molecule has 1 radical (unpaired) electrons. The third-order valence-corrected chi connectivity index (χ3v) is 13.7. The Morgan fingerprint density at radius 3 is 2.21 bits per heavy atom. The van der Waals surface area contributed by atoms with E-state index in [1.54, 1.807) is 0 Å². The molecule has 315 valence electrons. The number of benzene rings is 5. The molecule has 3 nitrogen and oxygen atoms in total. The molecule has 3 heterocycles. The van der Waals surface area contributed by atoms with Crippen LogP contribution in [0.25, 0.3) is 66.0 Å². The van der Waals surface area contributed by atoms with E-state index in [9.17, 15) is 1.37 Å². The normalized spacial score (nSPS) is 18.8. The zero-order valence-electron chi connectivity index (χ0n) is 41.2. The number of nitrogens with zero attached hydrogens (tertiary/aromatic N) is 2. The van der Waals surface area contributed by atoms with Crippen LogP contribution in [0.5, 0.6) is 0 Å². The maximum absolute atomic E-state index is 9.41. The van der Waals surface area contributed by atoms with Gasteiger partial charge in [-0.1, -0.05) is 128 Å². The van der Waals surface area contributed by atoms with Gasteiger partial charge in [0.2, 0.25) is 0 Å². The van der Waals surface area contributed by atoms with Crippen molar-refractivity contribution in [2.45, 2.75) is 130 Å². The van der Waals surface area contributed by atoms with Crippen LogP contribution in [0.2, 0.25) is 0 Å². The molecule has 4 heteroatoms. The first kappa shape index (κ1) is 38.1. The number of aryl methyl sites for hydroxylation is 1. The van der Waals surface area contributed by atoms with Gasteiger partial charge in [-0.3, -0.25) is 0 Å². The molecule has 0 spiro atoms. The van der Waals surface area contributed by atoms with Gasteiger partial charge in [-0.05, 0) is 134 Å². The van der Waals surface area contributed by atoms with Crippen LogP contribution in [0.1, 0.15) is 140 Å². The summed E-state index contributed by atoms with van der Waals surface area (Å²) in [6.45, 7) is 18.3. The molecule has 8 aromatic rings. The van der Waals surface area contributed by atoms with Crippen molar-refractivity contribution in [2.24, 2.45) is 5.41 Å². The number of furan rings is 1. The van der Waals surface area contributed by atoms with Gasteiger partial charge in [-0.15, -0.1) is 53.1 Å². The van der Waals surface area contributed by atoms with Crippen LogP contribution < -0.4 is 0 Å². The van der Waals surface area contributed by atoms with E-state index in [0.29, 0.717) is 35.2 Å². The number of pyridine rings is 2. The molecule has 2 aliphatic carbocycles. The van der Waals surface area contributed by atoms with Crippen molar-refractivity contribution < 1.29 is 30.0 Å².